The van der Waals surface area contributed by atoms with Crippen LogP contribution in [0.1, 0.15) is 19.8 Å². The van der Waals surface area contributed by atoms with E-state index in [-0.39, 0.29) is 5.54 Å². The fourth-order valence-electron chi connectivity index (χ4n) is 2.36. The van der Waals surface area contributed by atoms with Gasteiger partial charge in [-0.05, 0) is 33.5 Å². The Kier molecular flexibility index (Phi) is 5.20. The molecule has 2 unspecified atom stereocenters. The van der Waals surface area contributed by atoms with E-state index in [1.54, 1.807) is 0 Å². The second-order valence-electron chi connectivity index (χ2n) is 4.87. The van der Waals surface area contributed by atoms with Crippen molar-refractivity contribution >= 4 is 0 Å². The van der Waals surface area contributed by atoms with E-state index in [0.29, 0.717) is 5.92 Å². The molecule has 1 aliphatic heterocycles. The van der Waals surface area contributed by atoms with Crippen molar-refractivity contribution in [3.8, 4) is 6.07 Å². The van der Waals surface area contributed by atoms with Crippen molar-refractivity contribution in [2.45, 2.75) is 25.3 Å². The lowest BCUT2D eigenvalue weighted by Gasteiger charge is -2.40. The van der Waals surface area contributed by atoms with Crippen LogP contribution in [0.4, 0.5) is 0 Å². The molecule has 4 heteroatoms. The number of hydrogen-bond donors (Lipinski definition) is 2. The average molecular weight is 224 g/mol. The number of nitriles is 1. The molecule has 0 saturated carbocycles. The molecule has 1 rings (SSSR count). The molecule has 0 radical (unpaired) electrons. The maximum Gasteiger partial charge on any atom is 0.112 e. The van der Waals surface area contributed by atoms with E-state index in [4.69, 9.17) is 0 Å². The topological polar surface area (TPSA) is 51.1 Å². The molecule has 0 aromatic carbocycles. The summed E-state index contributed by atoms with van der Waals surface area (Å²) in [5, 5.41) is 16.3. The van der Waals surface area contributed by atoms with Crippen molar-refractivity contribution in [1.82, 2.24) is 15.5 Å². The third kappa shape index (κ3) is 3.18. The first-order chi connectivity index (χ1) is 7.64. The molecule has 16 heavy (non-hydrogen) atoms. The van der Waals surface area contributed by atoms with Crippen LogP contribution in [-0.4, -0.2) is 50.7 Å². The third-order valence-electron chi connectivity index (χ3n) is 3.48. The SMILES string of the molecule is CCC1CNCCC1(C#N)NCCN(C)C. The highest BCUT2D eigenvalue weighted by Gasteiger charge is 2.39. The normalized spacial score (nSPS) is 30.3. The van der Waals surface area contributed by atoms with Crippen LogP contribution in [0, 0.1) is 17.2 Å². The number of hydrogen-bond acceptors (Lipinski definition) is 4. The Labute approximate surface area is 99.0 Å². The first-order valence-corrected chi connectivity index (χ1v) is 6.16. The van der Waals surface area contributed by atoms with Crippen LogP contribution in [-0.2, 0) is 0 Å². The highest BCUT2D eigenvalue weighted by atomic mass is 15.1. The molecule has 4 nitrogen and oxygen atoms in total. The fourth-order valence-corrected chi connectivity index (χ4v) is 2.36. The van der Waals surface area contributed by atoms with Gasteiger partial charge in [-0.3, -0.25) is 5.32 Å². The average Bonchev–Trinajstić information content (AvgIpc) is 2.29. The zero-order valence-corrected chi connectivity index (χ0v) is 10.7. The third-order valence-corrected chi connectivity index (χ3v) is 3.48. The molecule has 92 valence electrons. The molecular formula is C12H24N4. The van der Waals surface area contributed by atoms with Crippen molar-refractivity contribution < 1.29 is 0 Å². The Bertz CT molecular complexity index is 246. The van der Waals surface area contributed by atoms with Gasteiger partial charge in [0.15, 0.2) is 0 Å². The monoisotopic (exact) mass is 224 g/mol. The number of nitrogens with one attached hydrogen (secondary N) is 2. The molecule has 2 N–H and O–H groups in total. The Morgan fingerprint density at radius 2 is 2.31 bits per heavy atom. The molecule has 0 aliphatic carbocycles. The molecule has 0 bridgehead atoms. The molecule has 1 heterocycles. The molecule has 1 fully saturated rings. The van der Waals surface area contributed by atoms with Crippen molar-refractivity contribution in [2.24, 2.45) is 5.92 Å². The van der Waals surface area contributed by atoms with Gasteiger partial charge in [-0.25, -0.2) is 0 Å². The number of rotatable bonds is 5. The fraction of sp³-hybridized carbons (Fsp3) is 0.917. The van der Waals surface area contributed by atoms with Gasteiger partial charge in [-0.15, -0.1) is 0 Å². The van der Waals surface area contributed by atoms with E-state index < -0.39 is 0 Å². The Morgan fingerprint density at radius 1 is 1.56 bits per heavy atom. The first kappa shape index (κ1) is 13.4. The van der Waals surface area contributed by atoms with Gasteiger partial charge in [0.05, 0.1) is 6.07 Å². The molecule has 1 saturated heterocycles. The second kappa shape index (κ2) is 6.19. The summed E-state index contributed by atoms with van der Waals surface area (Å²) in [5.74, 6) is 0.424. The molecule has 0 spiro atoms. The van der Waals surface area contributed by atoms with E-state index in [2.05, 4.69) is 42.6 Å². The van der Waals surface area contributed by atoms with Crippen molar-refractivity contribution in [3.63, 3.8) is 0 Å². The van der Waals surface area contributed by atoms with Gasteiger partial charge < -0.3 is 10.2 Å². The van der Waals surface area contributed by atoms with Crippen LogP contribution in [0.5, 0.6) is 0 Å². The van der Waals surface area contributed by atoms with Gasteiger partial charge in [0.25, 0.3) is 0 Å². The lowest BCUT2D eigenvalue weighted by Crippen LogP contribution is -2.58. The largest absolute Gasteiger partial charge is 0.316 e. The van der Waals surface area contributed by atoms with Gasteiger partial charge in [-0.1, -0.05) is 6.92 Å². The van der Waals surface area contributed by atoms with E-state index in [1.807, 2.05) is 0 Å². The highest BCUT2D eigenvalue weighted by molar-refractivity contribution is 5.13. The maximum atomic E-state index is 9.45. The van der Waals surface area contributed by atoms with Crippen LogP contribution < -0.4 is 10.6 Å². The van der Waals surface area contributed by atoms with E-state index in [9.17, 15) is 5.26 Å². The number of nitrogens with zero attached hydrogens (tertiary/aromatic N) is 2. The van der Waals surface area contributed by atoms with Crippen molar-refractivity contribution in [3.05, 3.63) is 0 Å². The quantitative estimate of drug-likeness (QED) is 0.710. The predicted molar refractivity (Wildman–Crippen MR) is 66.2 cm³/mol. The van der Waals surface area contributed by atoms with Crippen LogP contribution in [0.15, 0.2) is 0 Å². The lowest BCUT2D eigenvalue weighted by molar-refractivity contribution is 0.200. The highest BCUT2D eigenvalue weighted by Crippen LogP contribution is 2.26. The van der Waals surface area contributed by atoms with E-state index in [1.165, 1.54) is 0 Å². The van der Waals surface area contributed by atoms with Crippen LogP contribution >= 0.6 is 0 Å². The van der Waals surface area contributed by atoms with E-state index >= 15 is 0 Å². The minimum absolute atomic E-state index is 0.310. The van der Waals surface area contributed by atoms with Crippen molar-refractivity contribution in [1.29, 1.82) is 5.26 Å². The number of likely N-dealkylation sites (N-methyl/N-ethyl adjacent to an activating group) is 1. The van der Waals surface area contributed by atoms with Crippen LogP contribution in [0.2, 0.25) is 0 Å². The van der Waals surface area contributed by atoms with E-state index in [0.717, 1.165) is 39.0 Å². The summed E-state index contributed by atoms with van der Waals surface area (Å²) in [6.45, 7) is 5.93. The summed E-state index contributed by atoms with van der Waals surface area (Å²) >= 11 is 0. The molecule has 1 aliphatic rings. The summed E-state index contributed by atoms with van der Waals surface area (Å²) in [4.78, 5) is 2.14. The molecule has 2 atom stereocenters. The van der Waals surface area contributed by atoms with Gasteiger partial charge in [-0.2, -0.15) is 5.26 Å². The minimum Gasteiger partial charge on any atom is -0.316 e. The summed E-state index contributed by atoms with van der Waals surface area (Å²) in [7, 11) is 4.11. The Balaban J connectivity index is 2.56. The Morgan fingerprint density at radius 3 is 2.88 bits per heavy atom. The van der Waals surface area contributed by atoms with Crippen molar-refractivity contribution in [2.75, 3.05) is 40.3 Å². The zero-order chi connectivity index (χ0) is 12.0. The minimum atomic E-state index is -0.310. The molecule has 0 aromatic rings. The van der Waals surface area contributed by atoms with Gasteiger partial charge in [0.2, 0.25) is 0 Å². The van der Waals surface area contributed by atoms with Gasteiger partial charge >= 0.3 is 0 Å². The molecular weight excluding hydrogens is 200 g/mol. The molecule has 0 aromatic heterocycles. The first-order valence-electron chi connectivity index (χ1n) is 6.16. The van der Waals surface area contributed by atoms with Gasteiger partial charge in [0.1, 0.15) is 5.54 Å². The maximum absolute atomic E-state index is 9.45. The number of piperidine rings is 1. The smallest absolute Gasteiger partial charge is 0.112 e. The molecule has 0 amide bonds. The summed E-state index contributed by atoms with van der Waals surface area (Å²) in [6.07, 6.45) is 1.96. The summed E-state index contributed by atoms with van der Waals surface area (Å²) < 4.78 is 0. The summed E-state index contributed by atoms with van der Waals surface area (Å²) in [5.41, 5.74) is -0.310. The standard InChI is InChI=1S/C12H24N4/c1-4-11-9-14-6-5-12(11,10-13)15-7-8-16(2)3/h11,14-15H,4-9H2,1-3H3. The second-order valence-corrected chi connectivity index (χ2v) is 4.87. The van der Waals surface area contributed by atoms with Crippen LogP contribution in [0.3, 0.4) is 0 Å². The van der Waals surface area contributed by atoms with Crippen LogP contribution in [0.25, 0.3) is 0 Å². The predicted octanol–water partition coefficient (Wildman–Crippen LogP) is 0.419. The Hall–Kier alpha value is -0.630. The van der Waals surface area contributed by atoms with Gasteiger partial charge in [0, 0.05) is 25.6 Å². The summed E-state index contributed by atoms with van der Waals surface area (Å²) in [6, 6.07) is 2.52. The zero-order valence-electron chi connectivity index (χ0n) is 10.7. The lowest BCUT2D eigenvalue weighted by atomic mass is 9.78.